The minimum atomic E-state index is -2.11. The number of ether oxygens (including phenoxy) is 1. The van der Waals surface area contributed by atoms with E-state index in [1.165, 1.54) is 0 Å². The van der Waals surface area contributed by atoms with Crippen molar-refractivity contribution in [1.29, 1.82) is 0 Å². The molecule has 0 aromatic carbocycles. The molecule has 0 spiro atoms. The van der Waals surface area contributed by atoms with Gasteiger partial charge in [-0.1, -0.05) is 48.5 Å². The maximum atomic E-state index is 13.4. The number of carbonyl (C=O) groups is 2. The largest absolute Gasteiger partial charge is 0.422 e. The summed E-state index contributed by atoms with van der Waals surface area (Å²) in [6, 6.07) is 0. The Bertz CT molecular complexity index is 936. The average Bonchev–Trinajstić information content (AvgIpc) is 3.05. The van der Waals surface area contributed by atoms with Gasteiger partial charge in [0.1, 0.15) is 11.9 Å². The van der Waals surface area contributed by atoms with Crippen LogP contribution in [0, 0.1) is 22.7 Å². The van der Waals surface area contributed by atoms with E-state index in [1.54, 1.807) is 0 Å². The quantitative estimate of drug-likeness (QED) is 0.457. The van der Waals surface area contributed by atoms with Gasteiger partial charge in [-0.2, -0.15) is 0 Å². The van der Waals surface area contributed by atoms with Crippen LogP contribution >= 0.6 is 0 Å². The second-order valence-corrected chi connectivity index (χ2v) is 17.6. The molecule has 5 atom stereocenters. The number of hydrogen-bond acceptors (Lipinski definition) is 5. The Kier molecular flexibility index (Phi) is 5.32. The zero-order valence-corrected chi connectivity index (χ0v) is 22.2. The van der Waals surface area contributed by atoms with Crippen molar-refractivity contribution in [3.8, 4) is 0 Å². The van der Waals surface area contributed by atoms with Crippen molar-refractivity contribution in [1.82, 2.24) is 0 Å². The zero-order valence-electron chi connectivity index (χ0n) is 21.2. The number of fused-ring (bicyclic) bond motifs is 1. The first kappa shape index (κ1) is 23.9. The van der Waals surface area contributed by atoms with Crippen LogP contribution in [0.25, 0.3) is 0 Å². The van der Waals surface area contributed by atoms with Gasteiger partial charge in [0.25, 0.3) is 0 Å². The van der Waals surface area contributed by atoms with Crippen LogP contribution in [-0.2, 0) is 18.8 Å². The third-order valence-corrected chi connectivity index (χ3v) is 13.8. The van der Waals surface area contributed by atoms with E-state index >= 15 is 0 Å². The lowest BCUT2D eigenvalue weighted by atomic mass is 9.65. The predicted molar refractivity (Wildman–Crippen MR) is 126 cm³/mol. The predicted octanol–water partition coefficient (Wildman–Crippen LogP) is 5.30. The summed E-state index contributed by atoms with van der Waals surface area (Å²) in [4.78, 5) is 26.7. The molecule has 0 bridgehead atoms. The summed E-state index contributed by atoms with van der Waals surface area (Å²) < 4.78 is 12.7. The molecule has 0 unspecified atom stereocenters. The molecule has 0 radical (unpaired) electrons. The molecule has 5 nitrogen and oxygen atoms in total. The Morgan fingerprint density at radius 1 is 1.09 bits per heavy atom. The minimum absolute atomic E-state index is 0.0286. The van der Waals surface area contributed by atoms with Gasteiger partial charge >= 0.3 is 5.97 Å². The summed E-state index contributed by atoms with van der Waals surface area (Å²) >= 11 is 0. The van der Waals surface area contributed by atoms with Crippen LogP contribution in [0.15, 0.2) is 22.5 Å². The molecular weight excluding hydrogens is 420 g/mol. The molecule has 3 aliphatic carbocycles. The van der Waals surface area contributed by atoms with Crippen molar-refractivity contribution in [2.75, 3.05) is 0 Å². The van der Waals surface area contributed by atoms with Crippen molar-refractivity contribution in [2.45, 2.75) is 104 Å². The van der Waals surface area contributed by atoms with E-state index in [2.05, 4.69) is 61.6 Å². The molecule has 178 valence electrons. The van der Waals surface area contributed by atoms with Gasteiger partial charge in [-0.05, 0) is 55.1 Å². The Labute approximate surface area is 193 Å². The first-order valence-electron chi connectivity index (χ1n) is 12.2. The normalized spacial score (nSPS) is 37.7. The molecule has 4 aliphatic rings. The van der Waals surface area contributed by atoms with E-state index in [0.29, 0.717) is 16.9 Å². The molecule has 1 saturated carbocycles. The number of aliphatic hydroxyl groups excluding tert-OH is 1. The van der Waals surface area contributed by atoms with E-state index < -0.39 is 19.8 Å². The van der Waals surface area contributed by atoms with E-state index in [1.807, 2.05) is 0 Å². The molecule has 0 aromatic rings. The van der Waals surface area contributed by atoms with Gasteiger partial charge in [-0.3, -0.25) is 4.79 Å². The highest BCUT2D eigenvalue weighted by atomic mass is 28.4. The fourth-order valence-corrected chi connectivity index (χ4v) is 7.82. The van der Waals surface area contributed by atoms with E-state index in [0.717, 1.165) is 31.3 Å². The second-order valence-electron chi connectivity index (χ2n) is 12.8. The molecule has 0 saturated heterocycles. The summed E-state index contributed by atoms with van der Waals surface area (Å²) in [5.74, 6) is -0.214. The van der Waals surface area contributed by atoms with Crippen LogP contribution in [0.5, 0.6) is 0 Å². The number of carbonyl (C=O) groups excluding carboxylic acids is 2. The Hall–Kier alpha value is -1.24. The summed E-state index contributed by atoms with van der Waals surface area (Å²) in [5.41, 5.74) is 1.33. The van der Waals surface area contributed by atoms with Crippen molar-refractivity contribution in [2.24, 2.45) is 22.7 Å². The molecule has 1 heterocycles. The first-order chi connectivity index (χ1) is 14.5. The highest BCUT2D eigenvalue weighted by Crippen LogP contribution is 2.63. The standard InChI is InChI=1S/C26H40O5Si/c1-14(2)17-20(27)21(28)19-22-18-16(23(29)30-22)15(31-32(8,9)24(3,4)5)10-11-25(18,6)12-13-26(17,19)7/h14-15,17,20,27H,10-13H2,1-9H3/t15-,17-,20+,25-,26+/m0/s1. The number of aliphatic hydroxyl groups is 1. The topological polar surface area (TPSA) is 72.8 Å². The van der Waals surface area contributed by atoms with Crippen molar-refractivity contribution in [3.05, 3.63) is 22.5 Å². The summed E-state index contributed by atoms with van der Waals surface area (Å²) in [6.45, 7) is 19.4. The lowest BCUT2D eigenvalue weighted by Gasteiger charge is -2.43. The molecule has 6 heteroatoms. The van der Waals surface area contributed by atoms with E-state index in [4.69, 9.17) is 9.16 Å². The number of allylic oxidation sites excluding steroid dienone is 1. The van der Waals surface area contributed by atoms with Crippen LogP contribution < -0.4 is 0 Å². The summed E-state index contributed by atoms with van der Waals surface area (Å²) in [5, 5.41) is 10.9. The van der Waals surface area contributed by atoms with Gasteiger partial charge in [0.05, 0.1) is 11.7 Å². The number of Topliss-reactive ketones (excluding diaryl/α,β-unsaturated/α-hetero) is 1. The lowest BCUT2D eigenvalue weighted by molar-refractivity contribution is -0.134. The smallest absolute Gasteiger partial charge is 0.342 e. The van der Waals surface area contributed by atoms with Gasteiger partial charge < -0.3 is 14.3 Å². The molecule has 1 fully saturated rings. The van der Waals surface area contributed by atoms with Gasteiger partial charge in [-0.15, -0.1) is 0 Å². The van der Waals surface area contributed by atoms with E-state index in [-0.39, 0.29) is 40.1 Å². The third-order valence-electron chi connectivity index (χ3n) is 9.34. The molecule has 32 heavy (non-hydrogen) atoms. The summed E-state index contributed by atoms with van der Waals surface area (Å²) in [6.07, 6.45) is 2.02. The van der Waals surface area contributed by atoms with E-state index in [9.17, 15) is 14.7 Å². The van der Waals surface area contributed by atoms with Crippen LogP contribution in [0.2, 0.25) is 18.1 Å². The van der Waals surface area contributed by atoms with Gasteiger partial charge in [-0.25, -0.2) is 4.79 Å². The molecule has 4 rings (SSSR count). The fraction of sp³-hybridized carbons (Fsp3) is 0.769. The molecule has 1 aliphatic heterocycles. The summed E-state index contributed by atoms with van der Waals surface area (Å²) in [7, 11) is -2.11. The number of ketones is 1. The van der Waals surface area contributed by atoms with Crippen LogP contribution in [0.3, 0.4) is 0 Å². The van der Waals surface area contributed by atoms with Crippen LogP contribution in [0.1, 0.15) is 74.1 Å². The first-order valence-corrected chi connectivity index (χ1v) is 15.1. The number of esters is 1. The maximum absolute atomic E-state index is 13.4. The van der Waals surface area contributed by atoms with Gasteiger partial charge in [0.2, 0.25) is 0 Å². The number of hydrogen-bond donors (Lipinski definition) is 1. The maximum Gasteiger partial charge on any atom is 0.342 e. The van der Waals surface area contributed by atoms with Crippen LogP contribution in [-0.4, -0.2) is 37.4 Å². The molecule has 0 amide bonds. The second kappa shape index (κ2) is 7.13. The SMILES string of the molecule is CC(C)[C@H]1[C@@H](O)C(=O)C2=C3OC(=O)C4=C3[C@@](C)(CC[C@@H]4O[Si](C)(C)C(C)(C)C)CC[C@@]21C. The lowest BCUT2D eigenvalue weighted by Crippen LogP contribution is -2.46. The highest BCUT2D eigenvalue weighted by molar-refractivity contribution is 6.74. The fourth-order valence-electron chi connectivity index (χ4n) is 6.52. The zero-order chi connectivity index (χ0) is 24.0. The van der Waals surface area contributed by atoms with Crippen molar-refractivity contribution < 1.29 is 23.9 Å². The Balaban J connectivity index is 1.90. The monoisotopic (exact) mass is 460 g/mol. The Morgan fingerprint density at radius 2 is 1.72 bits per heavy atom. The third kappa shape index (κ3) is 3.16. The highest BCUT2D eigenvalue weighted by Gasteiger charge is 2.62. The minimum Gasteiger partial charge on any atom is -0.422 e. The average molecular weight is 461 g/mol. The van der Waals surface area contributed by atoms with Gasteiger partial charge in [0, 0.05) is 22.5 Å². The number of rotatable bonds is 3. The molecular formula is C26H40O5Si. The van der Waals surface area contributed by atoms with Crippen LogP contribution in [0.4, 0.5) is 0 Å². The molecule has 1 N–H and O–H groups in total. The van der Waals surface area contributed by atoms with Crippen molar-refractivity contribution >= 4 is 20.1 Å². The van der Waals surface area contributed by atoms with Crippen molar-refractivity contribution in [3.63, 3.8) is 0 Å². The van der Waals surface area contributed by atoms with Gasteiger partial charge in [0.15, 0.2) is 14.1 Å². The molecule has 0 aromatic heterocycles. The Morgan fingerprint density at radius 3 is 2.28 bits per heavy atom.